The predicted molar refractivity (Wildman–Crippen MR) is 95.2 cm³/mol. The fourth-order valence-corrected chi connectivity index (χ4v) is 2.24. The fourth-order valence-electron chi connectivity index (χ4n) is 1.87. The van der Waals surface area contributed by atoms with Crippen molar-refractivity contribution in [2.75, 3.05) is 0 Å². The highest BCUT2D eigenvalue weighted by molar-refractivity contribution is 6.50. The van der Waals surface area contributed by atoms with Crippen LogP contribution in [0.3, 0.4) is 0 Å². The molecule has 0 aliphatic carbocycles. The molecule has 0 N–H and O–H groups in total. The molecule has 0 saturated carbocycles. The molecule has 1 rings (SSSR count). The molecule has 0 unspecified atom stereocenters. The third-order valence-electron chi connectivity index (χ3n) is 2.94. The van der Waals surface area contributed by atoms with Crippen molar-refractivity contribution in [3.8, 4) is 0 Å². The molecule has 0 amide bonds. The summed E-state index contributed by atoms with van der Waals surface area (Å²) in [5, 5.41) is 0.668. The maximum atomic E-state index is 6.38. The van der Waals surface area contributed by atoms with Gasteiger partial charge in [-0.1, -0.05) is 48.0 Å². The summed E-state index contributed by atoms with van der Waals surface area (Å²) in [7, 11) is 0. The monoisotopic (exact) mass is 300 g/mol. The minimum absolute atomic E-state index is 0.608. The number of nitrogens with zero attached hydrogens (tertiary/aromatic N) is 2. The summed E-state index contributed by atoms with van der Waals surface area (Å²) in [6.07, 6.45) is 5.74. The van der Waals surface area contributed by atoms with Crippen LogP contribution in [-0.4, -0.2) is 12.4 Å². The van der Waals surface area contributed by atoms with Crippen molar-refractivity contribution >= 4 is 29.1 Å². The van der Waals surface area contributed by atoms with Crippen LogP contribution in [0.2, 0.25) is 0 Å². The summed E-state index contributed by atoms with van der Waals surface area (Å²) in [5.41, 5.74) is 3.90. The van der Waals surface area contributed by atoms with Gasteiger partial charge < -0.3 is 0 Å². The Morgan fingerprint density at radius 1 is 1.24 bits per heavy atom. The second-order valence-electron chi connectivity index (χ2n) is 4.73. The van der Waals surface area contributed by atoms with E-state index in [-0.39, 0.29) is 0 Å². The predicted octanol–water partition coefficient (Wildman–Crippen LogP) is 5.54. The van der Waals surface area contributed by atoms with Crippen LogP contribution >= 0.6 is 11.6 Å². The Labute approximate surface area is 132 Å². The lowest BCUT2D eigenvalue weighted by Gasteiger charge is -2.04. The van der Waals surface area contributed by atoms with E-state index >= 15 is 0 Å². The van der Waals surface area contributed by atoms with E-state index in [4.69, 9.17) is 11.6 Å². The zero-order valence-electron chi connectivity index (χ0n) is 13.0. The average Bonchev–Trinajstić information content (AvgIpc) is 2.45. The van der Waals surface area contributed by atoms with Gasteiger partial charge in [0.2, 0.25) is 0 Å². The molecular weight excluding hydrogens is 280 g/mol. The molecule has 1 aromatic carbocycles. The highest BCUT2D eigenvalue weighted by atomic mass is 35.5. The second-order valence-corrected chi connectivity index (χ2v) is 5.13. The number of rotatable bonds is 5. The molecule has 0 fully saturated rings. The summed E-state index contributed by atoms with van der Waals surface area (Å²) in [6.45, 7) is 11.4. The molecule has 21 heavy (non-hydrogen) atoms. The first-order chi connectivity index (χ1) is 9.99. The summed E-state index contributed by atoms with van der Waals surface area (Å²) >= 11 is 6.38. The van der Waals surface area contributed by atoms with Gasteiger partial charge in [0.1, 0.15) is 0 Å². The number of hydrogen-bond donors (Lipinski definition) is 0. The van der Waals surface area contributed by atoms with Gasteiger partial charge in [-0.25, -0.2) is 9.98 Å². The Bertz CT molecular complexity index is 634. The maximum absolute atomic E-state index is 6.38. The van der Waals surface area contributed by atoms with Gasteiger partial charge in [0.25, 0.3) is 0 Å². The first-order valence-electron chi connectivity index (χ1n) is 6.78. The van der Waals surface area contributed by atoms with Gasteiger partial charge in [0.05, 0.1) is 0 Å². The van der Waals surface area contributed by atoms with E-state index in [1.165, 1.54) is 0 Å². The topological polar surface area (TPSA) is 24.7 Å². The van der Waals surface area contributed by atoms with Crippen molar-refractivity contribution in [3.63, 3.8) is 0 Å². The minimum atomic E-state index is 0.608. The van der Waals surface area contributed by atoms with Crippen LogP contribution < -0.4 is 0 Å². The third kappa shape index (κ3) is 5.16. The molecule has 0 atom stereocenters. The molecular formula is C18H21ClN2. The molecule has 0 saturated heterocycles. The van der Waals surface area contributed by atoms with Crippen LogP contribution in [0.25, 0.3) is 5.03 Å². The number of allylic oxidation sites excluding steroid dienone is 4. The third-order valence-corrected chi connectivity index (χ3v) is 3.25. The number of hydrogen-bond acceptors (Lipinski definition) is 2. The fraction of sp³-hybridized carbons (Fsp3) is 0.222. The van der Waals surface area contributed by atoms with Crippen LogP contribution in [-0.2, 0) is 0 Å². The Morgan fingerprint density at radius 3 is 2.48 bits per heavy atom. The van der Waals surface area contributed by atoms with E-state index in [0.717, 1.165) is 22.4 Å². The van der Waals surface area contributed by atoms with Crippen molar-refractivity contribution in [2.45, 2.75) is 27.7 Å². The van der Waals surface area contributed by atoms with E-state index in [1.54, 1.807) is 0 Å². The van der Waals surface area contributed by atoms with Gasteiger partial charge in [-0.05, 0) is 57.2 Å². The minimum Gasteiger partial charge on any atom is -0.245 e. The summed E-state index contributed by atoms with van der Waals surface area (Å²) in [5.74, 6) is 0.608. The van der Waals surface area contributed by atoms with Crippen molar-refractivity contribution in [2.24, 2.45) is 9.98 Å². The number of aryl methyl sites for hydroxylation is 1. The van der Waals surface area contributed by atoms with E-state index < -0.39 is 0 Å². The van der Waals surface area contributed by atoms with E-state index in [9.17, 15) is 0 Å². The first kappa shape index (κ1) is 17.1. The highest BCUT2D eigenvalue weighted by Gasteiger charge is 2.02. The number of benzene rings is 1. The zero-order valence-corrected chi connectivity index (χ0v) is 13.8. The molecule has 0 aromatic heterocycles. The van der Waals surface area contributed by atoms with Crippen LogP contribution in [0, 0.1) is 6.92 Å². The zero-order chi connectivity index (χ0) is 15.8. The normalized spacial score (nSPS) is 14.3. The van der Waals surface area contributed by atoms with Gasteiger partial charge in [-0.2, -0.15) is 0 Å². The number of aliphatic imine (C=N–C) groups is 2. The number of halogens is 1. The van der Waals surface area contributed by atoms with Gasteiger partial charge in [0, 0.05) is 10.7 Å². The largest absolute Gasteiger partial charge is 0.245 e. The lowest BCUT2D eigenvalue weighted by atomic mass is 10.1. The SMILES string of the molecule is C=NC(/N=C(C)/C=C(/Cl)c1ccccc1C)=C(C)\C=C/C. The average molecular weight is 301 g/mol. The molecule has 0 aliphatic rings. The van der Waals surface area contributed by atoms with Crippen molar-refractivity contribution in [3.05, 3.63) is 65.0 Å². The molecule has 110 valence electrons. The smallest absolute Gasteiger partial charge is 0.154 e. The van der Waals surface area contributed by atoms with Gasteiger partial charge in [0.15, 0.2) is 5.82 Å². The Hall–Kier alpha value is -1.93. The summed E-state index contributed by atoms with van der Waals surface area (Å²) in [6, 6.07) is 7.99. The molecule has 3 heteroatoms. The standard InChI is InChI=1S/C18H21ClN2/c1-6-9-14(3)18(20-5)21-15(4)12-17(19)16-11-8-7-10-13(16)2/h6-12H,5H2,1-4H3/b9-6-,17-12+,18-14+,21-15+. The molecule has 0 spiro atoms. The van der Waals surface area contributed by atoms with E-state index in [1.807, 2.05) is 70.2 Å². The second kappa shape index (κ2) is 8.38. The lowest BCUT2D eigenvalue weighted by molar-refractivity contribution is 1.19. The molecule has 1 aromatic rings. The maximum Gasteiger partial charge on any atom is 0.154 e. The van der Waals surface area contributed by atoms with E-state index in [0.29, 0.717) is 10.9 Å². The molecule has 0 bridgehead atoms. The van der Waals surface area contributed by atoms with Gasteiger partial charge in [-0.3, -0.25) is 0 Å². The highest BCUT2D eigenvalue weighted by Crippen LogP contribution is 2.22. The summed E-state index contributed by atoms with van der Waals surface area (Å²) in [4.78, 5) is 8.43. The Morgan fingerprint density at radius 2 is 1.90 bits per heavy atom. The van der Waals surface area contributed by atoms with Crippen LogP contribution in [0.1, 0.15) is 31.9 Å². The molecule has 0 radical (unpaired) electrons. The quantitative estimate of drug-likeness (QED) is 0.503. The van der Waals surface area contributed by atoms with Gasteiger partial charge in [-0.15, -0.1) is 0 Å². The van der Waals surface area contributed by atoms with Crippen LogP contribution in [0.5, 0.6) is 0 Å². The molecule has 0 aliphatic heterocycles. The lowest BCUT2D eigenvalue weighted by Crippen LogP contribution is -1.91. The van der Waals surface area contributed by atoms with Crippen LogP contribution in [0.4, 0.5) is 0 Å². The van der Waals surface area contributed by atoms with Gasteiger partial charge >= 0.3 is 0 Å². The Kier molecular flexibility index (Phi) is 6.83. The van der Waals surface area contributed by atoms with Crippen LogP contribution in [0.15, 0.2) is 63.9 Å². The van der Waals surface area contributed by atoms with E-state index in [2.05, 4.69) is 16.7 Å². The Balaban J connectivity index is 3.14. The van der Waals surface area contributed by atoms with Crippen molar-refractivity contribution in [1.29, 1.82) is 0 Å². The molecule has 0 heterocycles. The van der Waals surface area contributed by atoms with Crippen molar-refractivity contribution < 1.29 is 0 Å². The summed E-state index contributed by atoms with van der Waals surface area (Å²) < 4.78 is 0. The molecule has 2 nitrogen and oxygen atoms in total. The first-order valence-corrected chi connectivity index (χ1v) is 7.16. The van der Waals surface area contributed by atoms with Crippen molar-refractivity contribution in [1.82, 2.24) is 0 Å².